The van der Waals surface area contributed by atoms with Gasteiger partial charge >= 0.3 is 5.76 Å². The van der Waals surface area contributed by atoms with Crippen molar-refractivity contribution in [2.45, 2.75) is 13.0 Å². The lowest BCUT2D eigenvalue weighted by atomic mass is 9.95. The Balaban J connectivity index is 2.50. The summed E-state index contributed by atoms with van der Waals surface area (Å²) in [4.78, 5) is 11.4. The average molecular weight is 235 g/mol. The monoisotopic (exact) mass is 235 g/mol. The summed E-state index contributed by atoms with van der Waals surface area (Å²) in [5, 5.41) is 0. The van der Waals surface area contributed by atoms with Crippen LogP contribution in [-0.4, -0.2) is 11.1 Å². The third-order valence-corrected chi connectivity index (χ3v) is 3.19. The zero-order valence-corrected chi connectivity index (χ0v) is 10.0. The first kappa shape index (κ1) is 11.9. The third-order valence-electron chi connectivity index (χ3n) is 3.19. The first-order chi connectivity index (χ1) is 8.04. The van der Waals surface area contributed by atoms with E-state index >= 15 is 0 Å². The third kappa shape index (κ3) is 1.99. The Morgan fingerprint density at radius 3 is 2.82 bits per heavy atom. The van der Waals surface area contributed by atoms with Gasteiger partial charge in [-0.05, 0) is 30.2 Å². The standard InChI is InChI=1S/C12H17N3O2/c1-7(6-13)11(14)8-3-4-10-9(5-8)15(2)12(16)17-10/h3-5,7,11H,6,13-14H2,1-2H3. The number of fused-ring (bicyclic) bond motifs is 1. The van der Waals surface area contributed by atoms with Crippen LogP contribution in [0.4, 0.5) is 0 Å². The predicted molar refractivity (Wildman–Crippen MR) is 66.6 cm³/mol. The van der Waals surface area contributed by atoms with Gasteiger partial charge in [-0.2, -0.15) is 0 Å². The molecule has 2 rings (SSSR count). The molecule has 1 aromatic heterocycles. The second kappa shape index (κ2) is 4.35. The van der Waals surface area contributed by atoms with E-state index in [4.69, 9.17) is 15.9 Å². The van der Waals surface area contributed by atoms with Crippen molar-refractivity contribution < 1.29 is 4.42 Å². The summed E-state index contributed by atoms with van der Waals surface area (Å²) in [6.07, 6.45) is 0. The fourth-order valence-corrected chi connectivity index (χ4v) is 1.83. The minimum absolute atomic E-state index is 0.130. The Labute approximate surface area is 99.0 Å². The van der Waals surface area contributed by atoms with Crippen LogP contribution < -0.4 is 17.2 Å². The number of benzene rings is 1. The lowest BCUT2D eigenvalue weighted by molar-refractivity contribution is 0.481. The van der Waals surface area contributed by atoms with Crippen molar-refractivity contribution in [3.63, 3.8) is 0 Å². The summed E-state index contributed by atoms with van der Waals surface area (Å²) < 4.78 is 6.53. The van der Waals surface area contributed by atoms with Gasteiger partial charge in [0.2, 0.25) is 0 Å². The lowest BCUT2D eigenvalue weighted by Crippen LogP contribution is -2.25. The molecule has 2 aromatic rings. The van der Waals surface area contributed by atoms with E-state index in [1.165, 1.54) is 4.57 Å². The van der Waals surface area contributed by atoms with E-state index < -0.39 is 0 Å². The van der Waals surface area contributed by atoms with Gasteiger partial charge in [0.25, 0.3) is 0 Å². The van der Waals surface area contributed by atoms with Crippen LogP contribution in [0.15, 0.2) is 27.4 Å². The Bertz CT molecular complexity index is 585. The number of nitrogens with two attached hydrogens (primary N) is 2. The molecule has 92 valence electrons. The van der Waals surface area contributed by atoms with Crippen molar-refractivity contribution in [1.82, 2.24) is 4.57 Å². The van der Waals surface area contributed by atoms with Crippen LogP contribution in [-0.2, 0) is 7.05 Å². The molecule has 0 fully saturated rings. The van der Waals surface area contributed by atoms with E-state index in [1.807, 2.05) is 19.1 Å². The van der Waals surface area contributed by atoms with Crippen LogP contribution >= 0.6 is 0 Å². The highest BCUT2D eigenvalue weighted by atomic mass is 16.4. The molecule has 0 radical (unpaired) electrons. The van der Waals surface area contributed by atoms with Crippen LogP contribution in [0, 0.1) is 5.92 Å². The Morgan fingerprint density at radius 2 is 2.18 bits per heavy atom. The van der Waals surface area contributed by atoms with Gasteiger partial charge in [-0.15, -0.1) is 0 Å². The molecule has 0 aliphatic carbocycles. The van der Waals surface area contributed by atoms with Gasteiger partial charge in [-0.1, -0.05) is 13.0 Å². The van der Waals surface area contributed by atoms with Crippen molar-refractivity contribution in [2.24, 2.45) is 24.4 Å². The SMILES string of the molecule is CC(CN)C(N)c1ccc2oc(=O)n(C)c2c1. The fourth-order valence-electron chi connectivity index (χ4n) is 1.83. The maximum Gasteiger partial charge on any atom is 0.419 e. The molecule has 0 aliphatic rings. The molecule has 0 bridgehead atoms. The predicted octanol–water partition coefficient (Wildman–Crippen LogP) is 0.726. The van der Waals surface area contributed by atoms with E-state index in [9.17, 15) is 4.79 Å². The number of hydrogen-bond acceptors (Lipinski definition) is 4. The first-order valence-corrected chi connectivity index (χ1v) is 5.59. The van der Waals surface area contributed by atoms with E-state index in [0.717, 1.165) is 11.1 Å². The molecule has 0 aliphatic heterocycles. The molecule has 5 nitrogen and oxygen atoms in total. The second-order valence-corrected chi connectivity index (χ2v) is 4.39. The number of hydrogen-bond donors (Lipinski definition) is 2. The number of nitrogens with zero attached hydrogens (tertiary/aromatic N) is 1. The van der Waals surface area contributed by atoms with Crippen LogP contribution in [0.1, 0.15) is 18.5 Å². The van der Waals surface area contributed by atoms with E-state index in [0.29, 0.717) is 12.1 Å². The molecule has 1 heterocycles. The van der Waals surface area contributed by atoms with Crippen molar-refractivity contribution >= 4 is 11.1 Å². The van der Waals surface area contributed by atoms with Crippen LogP contribution in [0.25, 0.3) is 11.1 Å². The molecule has 0 spiro atoms. The number of rotatable bonds is 3. The number of aryl methyl sites for hydroxylation is 1. The lowest BCUT2D eigenvalue weighted by Gasteiger charge is -2.18. The highest BCUT2D eigenvalue weighted by Gasteiger charge is 2.15. The van der Waals surface area contributed by atoms with Gasteiger partial charge in [0.1, 0.15) is 0 Å². The number of oxazole rings is 1. The van der Waals surface area contributed by atoms with Gasteiger partial charge in [0, 0.05) is 13.1 Å². The van der Waals surface area contributed by atoms with Gasteiger partial charge in [-0.3, -0.25) is 4.57 Å². The van der Waals surface area contributed by atoms with Crippen molar-refractivity contribution in [1.29, 1.82) is 0 Å². The maximum atomic E-state index is 11.4. The molecule has 1 aromatic carbocycles. The van der Waals surface area contributed by atoms with E-state index in [1.54, 1.807) is 13.1 Å². The Hall–Kier alpha value is -1.59. The second-order valence-electron chi connectivity index (χ2n) is 4.39. The summed E-state index contributed by atoms with van der Waals surface area (Å²) in [6.45, 7) is 2.53. The first-order valence-electron chi connectivity index (χ1n) is 5.59. The highest BCUT2D eigenvalue weighted by Crippen LogP contribution is 2.22. The zero-order chi connectivity index (χ0) is 12.6. The summed E-state index contributed by atoms with van der Waals surface area (Å²) >= 11 is 0. The van der Waals surface area contributed by atoms with Crippen molar-refractivity contribution in [2.75, 3.05) is 6.54 Å². The van der Waals surface area contributed by atoms with Crippen molar-refractivity contribution in [3.05, 3.63) is 34.3 Å². The summed E-state index contributed by atoms with van der Waals surface area (Å²) in [6, 6.07) is 5.41. The molecule has 2 atom stereocenters. The van der Waals surface area contributed by atoms with Crippen LogP contribution in [0.3, 0.4) is 0 Å². The molecule has 4 N–H and O–H groups in total. The van der Waals surface area contributed by atoms with Crippen LogP contribution in [0.2, 0.25) is 0 Å². The molecule has 17 heavy (non-hydrogen) atoms. The summed E-state index contributed by atoms with van der Waals surface area (Å²) in [5.41, 5.74) is 14.0. The summed E-state index contributed by atoms with van der Waals surface area (Å²) in [5.74, 6) is -0.172. The molecule has 2 unspecified atom stereocenters. The maximum absolute atomic E-state index is 11.4. The zero-order valence-electron chi connectivity index (χ0n) is 10.0. The van der Waals surface area contributed by atoms with E-state index in [2.05, 4.69) is 0 Å². The van der Waals surface area contributed by atoms with Gasteiger partial charge in [-0.25, -0.2) is 4.79 Å². The Morgan fingerprint density at radius 1 is 1.47 bits per heavy atom. The fraction of sp³-hybridized carbons (Fsp3) is 0.417. The molecule has 0 amide bonds. The Kier molecular flexibility index (Phi) is 3.04. The quantitative estimate of drug-likeness (QED) is 0.820. The average Bonchev–Trinajstić information content (AvgIpc) is 2.63. The normalized spacial score (nSPS) is 15.1. The number of aromatic nitrogens is 1. The van der Waals surface area contributed by atoms with Crippen molar-refractivity contribution in [3.8, 4) is 0 Å². The minimum Gasteiger partial charge on any atom is -0.408 e. The van der Waals surface area contributed by atoms with E-state index in [-0.39, 0.29) is 17.7 Å². The van der Waals surface area contributed by atoms with Crippen LogP contribution in [0.5, 0.6) is 0 Å². The largest absolute Gasteiger partial charge is 0.419 e. The molecule has 0 saturated carbocycles. The minimum atomic E-state index is -0.363. The molecule has 0 saturated heterocycles. The molecular weight excluding hydrogens is 218 g/mol. The van der Waals surface area contributed by atoms with Gasteiger partial charge < -0.3 is 15.9 Å². The van der Waals surface area contributed by atoms with Gasteiger partial charge in [0.05, 0.1) is 5.52 Å². The smallest absolute Gasteiger partial charge is 0.408 e. The molecular formula is C12H17N3O2. The topological polar surface area (TPSA) is 87.2 Å². The highest BCUT2D eigenvalue weighted by molar-refractivity contribution is 5.73. The van der Waals surface area contributed by atoms with Gasteiger partial charge in [0.15, 0.2) is 5.58 Å². The molecule has 5 heteroatoms. The summed E-state index contributed by atoms with van der Waals surface area (Å²) in [7, 11) is 1.68.